The molecule has 0 radical (unpaired) electrons. The maximum absolute atomic E-state index is 13.4. The highest BCUT2D eigenvalue weighted by molar-refractivity contribution is 5.76. The van der Waals surface area contributed by atoms with Crippen molar-refractivity contribution in [2.24, 2.45) is 0 Å². The standard InChI is InChI=1S/C78H131NO13/c1-3-5-7-9-11-13-15-17-19-21-23-25-26-27-28-29-30-31-32-33-34-35-36-37-38-39-40-42-44-46-48-50-52-54-56-58-60-62-70(83)79-66(67(82)61-59-57-55-53-51-49-47-45-43-41-24-22-20-18-16-14-12-10-8-6-4-2)65-89-77-75(88)73(86)76(69(64-81)91-77)92-78-74(87)72(85)71(84)68(63-80)90-78/h5,7,11,13,17,19,23,25,27-28,30-31,33-34,36-37,39-40,44,46,50,52,66-69,71-78,80-82,84-88H,3-4,6,8-10,12,14-16,18,20-22,24,26,29,32,35,38,41-43,45,47-49,51,53-65H2,1-2H3,(H,79,83)/b7-5-,13-11-,19-17-,25-23-,28-27-,31-30-,34-33-,37-36-,40-39-,46-44-,52-50-. The number of unbranched alkanes of at least 4 members (excludes halogenated alkanes) is 23. The van der Waals surface area contributed by atoms with Gasteiger partial charge in [0.1, 0.15) is 48.8 Å². The predicted octanol–water partition coefficient (Wildman–Crippen LogP) is 15.5. The first-order chi connectivity index (χ1) is 45.1. The van der Waals surface area contributed by atoms with E-state index >= 15 is 0 Å². The van der Waals surface area contributed by atoms with Crippen LogP contribution in [0.4, 0.5) is 0 Å². The van der Waals surface area contributed by atoms with Gasteiger partial charge in [-0.15, -0.1) is 0 Å². The molecule has 2 rings (SSSR count). The molecule has 0 aliphatic carbocycles. The van der Waals surface area contributed by atoms with Gasteiger partial charge in [0.2, 0.25) is 5.91 Å². The number of hydrogen-bond donors (Lipinski definition) is 9. The number of ether oxygens (including phenoxy) is 4. The van der Waals surface area contributed by atoms with E-state index in [1.54, 1.807) is 0 Å². The lowest BCUT2D eigenvalue weighted by Gasteiger charge is -2.46. The summed E-state index contributed by atoms with van der Waals surface area (Å²) in [5, 5.41) is 87.6. The van der Waals surface area contributed by atoms with E-state index < -0.39 is 86.8 Å². The van der Waals surface area contributed by atoms with Gasteiger partial charge >= 0.3 is 0 Å². The molecule has 14 nitrogen and oxygen atoms in total. The van der Waals surface area contributed by atoms with Gasteiger partial charge in [-0.25, -0.2) is 0 Å². The third-order valence-electron chi connectivity index (χ3n) is 16.9. The van der Waals surface area contributed by atoms with Crippen LogP contribution in [-0.4, -0.2) is 140 Å². The van der Waals surface area contributed by atoms with Gasteiger partial charge in [-0.2, -0.15) is 0 Å². The SMILES string of the molecule is CC/C=C\C/C=C\C/C=C\C/C=C\C/C=C\C/C=C\C/C=C\C/C=C\C/C=C\C/C=C\C/C=C\CCCCCC(=O)NC(COC1OC(CO)C(OC2OC(CO)C(O)C(O)C2O)C(O)C1O)C(O)CCCCCCCCCCCCCCCCCCCCCCC. The number of allylic oxidation sites excluding steroid dienone is 22. The Labute approximate surface area is 558 Å². The second-order valence-corrected chi connectivity index (χ2v) is 25.0. The number of carbonyl (C=O) groups is 1. The Bertz CT molecular complexity index is 2060. The van der Waals surface area contributed by atoms with Crippen molar-refractivity contribution in [2.45, 2.75) is 331 Å². The van der Waals surface area contributed by atoms with Gasteiger partial charge in [0, 0.05) is 6.42 Å². The molecule has 526 valence electrons. The topological polar surface area (TPSA) is 228 Å². The molecule has 2 fully saturated rings. The molecule has 1 amide bonds. The van der Waals surface area contributed by atoms with E-state index in [1.165, 1.54) is 109 Å². The minimum absolute atomic E-state index is 0.242. The van der Waals surface area contributed by atoms with Crippen molar-refractivity contribution < 1.29 is 64.6 Å². The van der Waals surface area contributed by atoms with Crippen molar-refractivity contribution in [2.75, 3.05) is 19.8 Å². The Kier molecular flexibility index (Phi) is 55.6. The highest BCUT2D eigenvalue weighted by atomic mass is 16.7. The molecule has 0 aromatic heterocycles. The van der Waals surface area contributed by atoms with Crippen LogP contribution in [0.3, 0.4) is 0 Å². The van der Waals surface area contributed by atoms with Crippen molar-refractivity contribution in [3.8, 4) is 0 Å². The molecule has 12 atom stereocenters. The highest BCUT2D eigenvalue weighted by Crippen LogP contribution is 2.30. The zero-order valence-electron chi connectivity index (χ0n) is 57.2. The molecule has 0 aromatic carbocycles. The van der Waals surface area contributed by atoms with Crippen LogP contribution in [0.1, 0.15) is 258 Å². The average Bonchev–Trinajstić information content (AvgIpc) is 0.915. The van der Waals surface area contributed by atoms with Gasteiger partial charge in [0.25, 0.3) is 0 Å². The van der Waals surface area contributed by atoms with Crippen molar-refractivity contribution >= 4 is 5.91 Å². The molecule has 92 heavy (non-hydrogen) atoms. The van der Waals surface area contributed by atoms with E-state index in [-0.39, 0.29) is 18.9 Å². The zero-order chi connectivity index (χ0) is 66.6. The minimum Gasteiger partial charge on any atom is -0.394 e. The second-order valence-electron chi connectivity index (χ2n) is 25.0. The predicted molar refractivity (Wildman–Crippen MR) is 378 cm³/mol. The molecular weight excluding hydrogens is 1160 g/mol. The van der Waals surface area contributed by atoms with Crippen molar-refractivity contribution in [3.05, 3.63) is 134 Å². The fourth-order valence-corrected chi connectivity index (χ4v) is 11.1. The number of hydrogen-bond acceptors (Lipinski definition) is 13. The first kappa shape index (κ1) is 84.2. The van der Waals surface area contributed by atoms with E-state index in [2.05, 4.69) is 153 Å². The summed E-state index contributed by atoms with van der Waals surface area (Å²) in [4.78, 5) is 13.4. The van der Waals surface area contributed by atoms with E-state index in [9.17, 15) is 45.6 Å². The van der Waals surface area contributed by atoms with Crippen LogP contribution in [0.5, 0.6) is 0 Å². The summed E-state index contributed by atoms with van der Waals surface area (Å²) in [5.74, 6) is -0.242. The number of rotatable bonds is 58. The molecule has 0 aromatic rings. The molecule has 9 N–H and O–H groups in total. The first-order valence-corrected chi connectivity index (χ1v) is 36.4. The summed E-state index contributed by atoms with van der Waals surface area (Å²) >= 11 is 0. The van der Waals surface area contributed by atoms with Crippen LogP contribution in [0.2, 0.25) is 0 Å². The Balaban J connectivity index is 1.68. The highest BCUT2D eigenvalue weighted by Gasteiger charge is 2.51. The number of aliphatic hydroxyl groups is 8. The molecule has 2 aliphatic heterocycles. The van der Waals surface area contributed by atoms with E-state index in [0.717, 1.165) is 116 Å². The Hall–Kier alpha value is -3.87. The van der Waals surface area contributed by atoms with Crippen molar-refractivity contribution in [1.82, 2.24) is 5.32 Å². The van der Waals surface area contributed by atoms with Gasteiger partial charge < -0.3 is 65.1 Å². The quantitative estimate of drug-likeness (QED) is 0.0204. The Morgan fingerprint density at radius 3 is 1.14 bits per heavy atom. The van der Waals surface area contributed by atoms with E-state index in [0.29, 0.717) is 12.8 Å². The summed E-state index contributed by atoms with van der Waals surface area (Å²) in [5.41, 5.74) is 0. The molecule has 14 heteroatoms. The van der Waals surface area contributed by atoms with Gasteiger partial charge in [-0.3, -0.25) is 4.79 Å². The average molecular weight is 1290 g/mol. The van der Waals surface area contributed by atoms with Crippen LogP contribution in [-0.2, 0) is 23.7 Å². The van der Waals surface area contributed by atoms with Gasteiger partial charge in [-0.05, 0) is 96.3 Å². The monoisotopic (exact) mass is 1290 g/mol. The number of nitrogens with one attached hydrogen (secondary N) is 1. The van der Waals surface area contributed by atoms with Crippen LogP contribution >= 0.6 is 0 Å². The lowest BCUT2D eigenvalue weighted by atomic mass is 9.97. The lowest BCUT2D eigenvalue weighted by molar-refractivity contribution is -0.359. The Morgan fingerprint density at radius 2 is 0.750 bits per heavy atom. The second kappa shape index (κ2) is 60.8. The molecule has 0 bridgehead atoms. The molecule has 0 saturated carbocycles. The summed E-state index contributed by atoms with van der Waals surface area (Å²) in [6.45, 7) is 2.74. The fraction of sp³-hybridized carbons (Fsp3) is 0.705. The van der Waals surface area contributed by atoms with Gasteiger partial charge in [0.05, 0.1) is 32.0 Å². The smallest absolute Gasteiger partial charge is 0.220 e. The van der Waals surface area contributed by atoms with Crippen LogP contribution in [0, 0.1) is 0 Å². The summed E-state index contributed by atoms with van der Waals surface area (Å²) in [6.07, 6.45) is 73.2. The number of amides is 1. The normalized spacial score (nSPS) is 23.5. The molecule has 2 aliphatic rings. The van der Waals surface area contributed by atoms with Gasteiger partial charge in [-0.1, -0.05) is 289 Å². The van der Waals surface area contributed by atoms with Crippen LogP contribution in [0.15, 0.2) is 134 Å². The summed E-state index contributed by atoms with van der Waals surface area (Å²) in [7, 11) is 0. The number of aliphatic hydroxyl groups excluding tert-OH is 8. The molecule has 2 heterocycles. The third-order valence-corrected chi connectivity index (χ3v) is 16.9. The molecule has 2 saturated heterocycles. The summed E-state index contributed by atoms with van der Waals surface area (Å²) in [6, 6.07) is -0.858. The van der Waals surface area contributed by atoms with E-state index in [4.69, 9.17) is 18.9 Å². The summed E-state index contributed by atoms with van der Waals surface area (Å²) < 4.78 is 22.9. The molecule has 0 spiro atoms. The fourth-order valence-electron chi connectivity index (χ4n) is 11.1. The lowest BCUT2D eigenvalue weighted by Crippen LogP contribution is -2.65. The van der Waals surface area contributed by atoms with Crippen LogP contribution < -0.4 is 5.32 Å². The maximum Gasteiger partial charge on any atom is 0.220 e. The largest absolute Gasteiger partial charge is 0.394 e. The molecule has 12 unspecified atom stereocenters. The van der Waals surface area contributed by atoms with Crippen LogP contribution in [0.25, 0.3) is 0 Å². The third kappa shape index (κ3) is 44.0. The van der Waals surface area contributed by atoms with Crippen molar-refractivity contribution in [1.29, 1.82) is 0 Å². The number of carbonyl (C=O) groups excluding carboxylic acids is 1. The zero-order valence-corrected chi connectivity index (χ0v) is 57.2. The first-order valence-electron chi connectivity index (χ1n) is 36.4. The Morgan fingerprint density at radius 1 is 0.402 bits per heavy atom. The minimum atomic E-state index is -1.79. The maximum atomic E-state index is 13.4. The molecular formula is C78H131NO13. The van der Waals surface area contributed by atoms with E-state index in [1.807, 2.05) is 0 Å². The van der Waals surface area contributed by atoms with Gasteiger partial charge in [0.15, 0.2) is 12.6 Å². The van der Waals surface area contributed by atoms with Crippen molar-refractivity contribution in [3.63, 3.8) is 0 Å².